The van der Waals surface area contributed by atoms with Gasteiger partial charge in [0.2, 0.25) is 0 Å². The van der Waals surface area contributed by atoms with E-state index in [1.54, 1.807) is 6.20 Å². The Morgan fingerprint density at radius 1 is 1.14 bits per heavy atom. The van der Waals surface area contributed by atoms with Gasteiger partial charge in [0.25, 0.3) is 0 Å². The van der Waals surface area contributed by atoms with Crippen molar-refractivity contribution >= 4 is 0 Å². The van der Waals surface area contributed by atoms with E-state index in [0.717, 1.165) is 24.3 Å². The Bertz CT molecular complexity index is 695. The number of hydrogen-bond donors (Lipinski definition) is 2. The van der Waals surface area contributed by atoms with E-state index in [1.165, 1.54) is 16.8 Å². The molecule has 2 N–H and O–H groups in total. The summed E-state index contributed by atoms with van der Waals surface area (Å²) in [6.07, 6.45) is 3.69. The molecule has 0 amide bonds. The number of benzene rings is 1. The van der Waals surface area contributed by atoms with E-state index in [-0.39, 0.29) is 0 Å². The standard InChI is InChI=1S/C16H19N5/c1-12-15(11-19-21(12)2)10-17-9-13-3-5-14(6-4-13)16-7-8-18-20-16/h3-8,11,17H,9-10H2,1-2H3,(H,18,20). The van der Waals surface area contributed by atoms with Crippen LogP contribution >= 0.6 is 0 Å². The fourth-order valence-corrected chi connectivity index (χ4v) is 2.28. The molecule has 0 aliphatic rings. The molecular weight excluding hydrogens is 262 g/mol. The summed E-state index contributed by atoms with van der Waals surface area (Å²) in [6.45, 7) is 3.77. The maximum absolute atomic E-state index is 4.25. The Morgan fingerprint density at radius 2 is 1.95 bits per heavy atom. The van der Waals surface area contributed by atoms with Crippen LogP contribution in [0.2, 0.25) is 0 Å². The third kappa shape index (κ3) is 3.03. The molecule has 108 valence electrons. The molecule has 2 aromatic heterocycles. The van der Waals surface area contributed by atoms with Gasteiger partial charge in [0.05, 0.1) is 11.9 Å². The van der Waals surface area contributed by atoms with E-state index in [2.05, 4.69) is 51.8 Å². The molecule has 1 aromatic carbocycles. The first-order valence-electron chi connectivity index (χ1n) is 7.01. The van der Waals surface area contributed by atoms with Crippen LogP contribution in [0.3, 0.4) is 0 Å². The van der Waals surface area contributed by atoms with Gasteiger partial charge < -0.3 is 5.32 Å². The number of nitrogens with one attached hydrogen (secondary N) is 2. The van der Waals surface area contributed by atoms with Crippen molar-refractivity contribution in [1.29, 1.82) is 0 Å². The molecule has 0 fully saturated rings. The van der Waals surface area contributed by atoms with Gasteiger partial charge in [-0.05, 0) is 24.1 Å². The van der Waals surface area contributed by atoms with Crippen molar-refractivity contribution in [3.05, 3.63) is 59.5 Å². The summed E-state index contributed by atoms with van der Waals surface area (Å²) in [5, 5.41) is 14.6. The SMILES string of the molecule is Cc1c(CNCc2ccc(-c3ccn[nH]3)cc2)cnn1C. The van der Waals surface area contributed by atoms with Gasteiger partial charge in [0.15, 0.2) is 0 Å². The van der Waals surface area contributed by atoms with Crippen LogP contribution in [0.25, 0.3) is 11.3 Å². The Kier molecular flexibility index (Phi) is 3.83. The Labute approximate surface area is 124 Å². The molecule has 3 aromatic rings. The van der Waals surface area contributed by atoms with Gasteiger partial charge in [-0.25, -0.2) is 0 Å². The van der Waals surface area contributed by atoms with E-state index in [9.17, 15) is 0 Å². The second-order valence-corrected chi connectivity index (χ2v) is 5.15. The zero-order valence-electron chi connectivity index (χ0n) is 12.3. The lowest BCUT2D eigenvalue weighted by atomic mass is 10.1. The minimum Gasteiger partial charge on any atom is -0.308 e. The second-order valence-electron chi connectivity index (χ2n) is 5.15. The zero-order valence-corrected chi connectivity index (χ0v) is 12.3. The third-order valence-corrected chi connectivity index (χ3v) is 3.75. The zero-order chi connectivity index (χ0) is 14.7. The first-order valence-corrected chi connectivity index (χ1v) is 7.01. The molecule has 0 atom stereocenters. The average Bonchev–Trinajstić information content (AvgIpc) is 3.13. The molecule has 0 bridgehead atoms. The predicted molar refractivity (Wildman–Crippen MR) is 82.5 cm³/mol. The summed E-state index contributed by atoms with van der Waals surface area (Å²) in [4.78, 5) is 0. The molecule has 0 saturated heterocycles. The van der Waals surface area contributed by atoms with E-state index in [4.69, 9.17) is 0 Å². The lowest BCUT2D eigenvalue weighted by Crippen LogP contribution is -2.13. The van der Waals surface area contributed by atoms with Crippen LogP contribution in [0, 0.1) is 6.92 Å². The van der Waals surface area contributed by atoms with E-state index < -0.39 is 0 Å². The molecular formula is C16H19N5. The molecule has 0 saturated carbocycles. The van der Waals surface area contributed by atoms with Crippen molar-refractivity contribution in [3.63, 3.8) is 0 Å². The summed E-state index contributed by atoms with van der Waals surface area (Å²) in [5.41, 5.74) is 5.91. The smallest absolute Gasteiger partial charge is 0.0650 e. The van der Waals surface area contributed by atoms with Crippen LogP contribution in [0.5, 0.6) is 0 Å². The monoisotopic (exact) mass is 281 g/mol. The minimum absolute atomic E-state index is 0.835. The summed E-state index contributed by atoms with van der Waals surface area (Å²) in [6, 6.07) is 10.5. The highest BCUT2D eigenvalue weighted by atomic mass is 15.3. The summed E-state index contributed by atoms with van der Waals surface area (Å²) in [5.74, 6) is 0. The second kappa shape index (κ2) is 5.93. The molecule has 0 aliphatic heterocycles. The van der Waals surface area contributed by atoms with Gasteiger partial charge in [-0.2, -0.15) is 10.2 Å². The average molecular weight is 281 g/mol. The van der Waals surface area contributed by atoms with Crippen LogP contribution in [0.15, 0.2) is 42.7 Å². The molecule has 2 heterocycles. The number of H-pyrrole nitrogens is 1. The normalized spacial score (nSPS) is 11.0. The van der Waals surface area contributed by atoms with Crippen molar-refractivity contribution in [1.82, 2.24) is 25.3 Å². The number of nitrogens with zero attached hydrogens (tertiary/aromatic N) is 3. The largest absolute Gasteiger partial charge is 0.308 e. The minimum atomic E-state index is 0.835. The topological polar surface area (TPSA) is 58.5 Å². The molecule has 21 heavy (non-hydrogen) atoms. The summed E-state index contributed by atoms with van der Waals surface area (Å²) >= 11 is 0. The highest BCUT2D eigenvalue weighted by molar-refractivity contribution is 5.58. The molecule has 0 spiro atoms. The van der Waals surface area contributed by atoms with E-state index >= 15 is 0 Å². The van der Waals surface area contributed by atoms with Crippen molar-refractivity contribution in [2.75, 3.05) is 0 Å². The van der Waals surface area contributed by atoms with Gasteiger partial charge in [-0.1, -0.05) is 24.3 Å². The predicted octanol–water partition coefficient (Wildman–Crippen LogP) is 2.41. The summed E-state index contributed by atoms with van der Waals surface area (Å²) in [7, 11) is 1.97. The van der Waals surface area contributed by atoms with Crippen LogP contribution in [-0.4, -0.2) is 20.0 Å². The molecule has 5 nitrogen and oxygen atoms in total. The number of aromatic amines is 1. The van der Waals surface area contributed by atoms with E-state index in [0.29, 0.717) is 0 Å². The highest BCUT2D eigenvalue weighted by Gasteiger charge is 2.03. The van der Waals surface area contributed by atoms with Gasteiger partial charge in [-0.3, -0.25) is 9.78 Å². The van der Waals surface area contributed by atoms with E-state index in [1.807, 2.05) is 24.0 Å². The summed E-state index contributed by atoms with van der Waals surface area (Å²) < 4.78 is 1.90. The van der Waals surface area contributed by atoms with Gasteiger partial charge >= 0.3 is 0 Å². The lowest BCUT2D eigenvalue weighted by molar-refractivity contribution is 0.684. The molecule has 5 heteroatoms. The number of aromatic nitrogens is 4. The Hall–Kier alpha value is -2.40. The van der Waals surface area contributed by atoms with Crippen molar-refractivity contribution in [2.45, 2.75) is 20.0 Å². The van der Waals surface area contributed by atoms with Gasteiger partial charge in [-0.15, -0.1) is 0 Å². The molecule has 0 unspecified atom stereocenters. The van der Waals surface area contributed by atoms with Crippen molar-refractivity contribution in [3.8, 4) is 11.3 Å². The Morgan fingerprint density at radius 3 is 2.57 bits per heavy atom. The quantitative estimate of drug-likeness (QED) is 0.755. The maximum atomic E-state index is 4.25. The number of rotatable bonds is 5. The van der Waals surface area contributed by atoms with Gasteiger partial charge in [0.1, 0.15) is 0 Å². The van der Waals surface area contributed by atoms with Crippen LogP contribution in [0.4, 0.5) is 0 Å². The number of aryl methyl sites for hydroxylation is 1. The lowest BCUT2D eigenvalue weighted by Gasteiger charge is -2.06. The van der Waals surface area contributed by atoms with Crippen molar-refractivity contribution in [2.24, 2.45) is 7.05 Å². The van der Waals surface area contributed by atoms with Crippen LogP contribution in [-0.2, 0) is 20.1 Å². The first-order chi connectivity index (χ1) is 10.2. The fraction of sp³-hybridized carbons (Fsp3) is 0.250. The highest BCUT2D eigenvalue weighted by Crippen LogP contribution is 2.16. The third-order valence-electron chi connectivity index (χ3n) is 3.75. The number of hydrogen-bond acceptors (Lipinski definition) is 3. The molecule has 0 radical (unpaired) electrons. The van der Waals surface area contributed by atoms with Gasteiger partial charge in [0, 0.05) is 37.6 Å². The fourth-order valence-electron chi connectivity index (χ4n) is 2.28. The Balaban J connectivity index is 1.57. The van der Waals surface area contributed by atoms with Crippen LogP contribution in [0.1, 0.15) is 16.8 Å². The maximum Gasteiger partial charge on any atom is 0.0650 e. The molecule has 0 aliphatic carbocycles. The van der Waals surface area contributed by atoms with Crippen LogP contribution < -0.4 is 5.32 Å². The molecule has 3 rings (SSSR count). The first kappa shape index (κ1) is 13.6. The van der Waals surface area contributed by atoms with Crippen molar-refractivity contribution < 1.29 is 0 Å².